The molecule has 0 bridgehead atoms. The van der Waals surface area contributed by atoms with Crippen molar-refractivity contribution in [3.8, 4) is 12.3 Å². The molecule has 0 saturated heterocycles. The van der Waals surface area contributed by atoms with Crippen LogP contribution in [0.25, 0.3) is 0 Å². The van der Waals surface area contributed by atoms with E-state index in [9.17, 15) is 4.79 Å². The van der Waals surface area contributed by atoms with E-state index >= 15 is 0 Å². The van der Waals surface area contributed by atoms with Gasteiger partial charge in [0.15, 0.2) is 5.60 Å². The van der Waals surface area contributed by atoms with Gasteiger partial charge in [0, 0.05) is 0 Å². The molecule has 0 aromatic carbocycles. The molecule has 0 aromatic rings. The summed E-state index contributed by atoms with van der Waals surface area (Å²) in [5.41, 5.74) is -0.797. The lowest BCUT2D eigenvalue weighted by molar-refractivity contribution is -0.149. The molecule has 0 aromatic heterocycles. The van der Waals surface area contributed by atoms with Crippen LogP contribution in [0.2, 0.25) is 0 Å². The Bertz CT molecular complexity index is 184. The fourth-order valence-electron chi connectivity index (χ4n) is 0.363. The number of terminal acetylenes is 1. The summed E-state index contributed by atoms with van der Waals surface area (Å²) in [6.45, 7) is 6.73. The molecule has 1 radical (unpaired) electrons. The molecule has 0 amide bonds. The zero-order valence-electron chi connectivity index (χ0n) is 7.39. The number of rotatable bonds is 2. The van der Waals surface area contributed by atoms with E-state index in [2.05, 4.69) is 5.92 Å². The van der Waals surface area contributed by atoms with Gasteiger partial charge in [-0.3, -0.25) is 4.79 Å². The first-order chi connectivity index (χ1) is 4.89. The van der Waals surface area contributed by atoms with E-state index in [1.165, 1.54) is 0 Å². The number of carbonyl (C=O) groups excluding carboxylic acids is 1. The molecule has 0 aliphatic heterocycles. The van der Waals surface area contributed by atoms with E-state index in [1.807, 2.05) is 0 Å². The van der Waals surface area contributed by atoms with Gasteiger partial charge in [0.2, 0.25) is 0 Å². The largest absolute Gasteiger partial charge is 0.446 e. The lowest BCUT2D eigenvalue weighted by atomic mass is 10.1. The predicted molar refractivity (Wildman–Crippen MR) is 43.6 cm³/mol. The number of esters is 1. The molecule has 0 atom stereocenters. The first kappa shape index (κ1) is 10.0. The van der Waals surface area contributed by atoms with Crippen LogP contribution in [0, 0.1) is 18.3 Å². The Balaban J connectivity index is 4.08. The van der Waals surface area contributed by atoms with Gasteiger partial charge in [0.1, 0.15) is 0 Å². The van der Waals surface area contributed by atoms with Crippen LogP contribution in [0.3, 0.4) is 0 Å². The average molecular weight is 153 g/mol. The zero-order chi connectivity index (χ0) is 9.07. The highest BCUT2D eigenvalue weighted by molar-refractivity contribution is 5.83. The van der Waals surface area contributed by atoms with Gasteiger partial charge < -0.3 is 4.74 Å². The summed E-state index contributed by atoms with van der Waals surface area (Å²) >= 11 is 0. The molecule has 0 spiro atoms. The Labute approximate surface area is 67.9 Å². The Morgan fingerprint density at radius 1 is 1.45 bits per heavy atom. The van der Waals surface area contributed by atoms with Crippen molar-refractivity contribution in [2.45, 2.75) is 33.3 Å². The van der Waals surface area contributed by atoms with E-state index in [0.717, 1.165) is 0 Å². The third kappa shape index (κ3) is 3.67. The van der Waals surface area contributed by atoms with Gasteiger partial charge >= 0.3 is 5.97 Å². The second-order valence-corrected chi connectivity index (χ2v) is 3.04. The molecule has 2 heteroatoms. The first-order valence-electron chi connectivity index (χ1n) is 3.40. The van der Waals surface area contributed by atoms with Gasteiger partial charge in [-0.2, -0.15) is 0 Å². The zero-order valence-corrected chi connectivity index (χ0v) is 7.39. The second kappa shape index (κ2) is 3.43. The second-order valence-electron chi connectivity index (χ2n) is 3.04. The Morgan fingerprint density at radius 2 is 1.91 bits per heavy atom. The van der Waals surface area contributed by atoms with Crippen LogP contribution in [0.4, 0.5) is 0 Å². The molecule has 2 nitrogen and oxygen atoms in total. The van der Waals surface area contributed by atoms with Crippen molar-refractivity contribution in [3.63, 3.8) is 0 Å². The van der Waals surface area contributed by atoms with Gasteiger partial charge in [-0.15, -0.1) is 6.42 Å². The molecule has 0 unspecified atom stereocenters. The number of ether oxygens (including phenoxy) is 1. The fourth-order valence-corrected chi connectivity index (χ4v) is 0.363. The van der Waals surface area contributed by atoms with Crippen LogP contribution >= 0.6 is 0 Å². The highest BCUT2D eigenvalue weighted by Gasteiger charge is 2.21. The van der Waals surface area contributed by atoms with Crippen molar-refractivity contribution in [1.29, 1.82) is 0 Å². The van der Waals surface area contributed by atoms with Crippen molar-refractivity contribution in [1.82, 2.24) is 0 Å². The predicted octanol–water partition coefficient (Wildman–Crippen LogP) is 1.56. The van der Waals surface area contributed by atoms with E-state index in [0.29, 0.717) is 5.92 Å². The molecule has 61 valence electrons. The first-order valence-corrected chi connectivity index (χ1v) is 3.40. The summed E-state index contributed by atoms with van der Waals surface area (Å²) in [6.07, 6.45) is 5.12. The molecule has 0 aliphatic rings. The molecule has 11 heavy (non-hydrogen) atoms. The fraction of sp³-hybridized carbons (Fsp3) is 0.556. The van der Waals surface area contributed by atoms with Crippen molar-refractivity contribution < 1.29 is 9.53 Å². The van der Waals surface area contributed by atoms with Crippen LogP contribution < -0.4 is 0 Å². The summed E-state index contributed by atoms with van der Waals surface area (Å²) in [5.74, 6) is 2.64. The number of carbonyl (C=O) groups is 1. The van der Waals surface area contributed by atoms with E-state index in [4.69, 9.17) is 11.2 Å². The summed E-state index contributed by atoms with van der Waals surface area (Å²) < 4.78 is 4.94. The maximum atomic E-state index is 11.0. The molecular weight excluding hydrogens is 140 g/mol. The summed E-state index contributed by atoms with van der Waals surface area (Å²) in [4.78, 5) is 11.0. The van der Waals surface area contributed by atoms with E-state index in [1.54, 1.807) is 27.7 Å². The van der Waals surface area contributed by atoms with Crippen LogP contribution in [-0.4, -0.2) is 11.6 Å². The Morgan fingerprint density at radius 3 is 2.18 bits per heavy atom. The maximum absolute atomic E-state index is 11.0. The normalized spacial score (nSPS) is 10.9. The minimum atomic E-state index is -0.797. The Hall–Kier alpha value is -0.970. The van der Waals surface area contributed by atoms with Crippen LogP contribution in [0.15, 0.2) is 0 Å². The lowest BCUT2D eigenvalue weighted by Gasteiger charge is -2.19. The summed E-state index contributed by atoms with van der Waals surface area (Å²) in [5, 5.41) is 0. The van der Waals surface area contributed by atoms with Crippen molar-refractivity contribution >= 4 is 5.97 Å². The monoisotopic (exact) mass is 153 g/mol. The Kier molecular flexibility index (Phi) is 3.13. The van der Waals surface area contributed by atoms with Crippen LogP contribution in [0.5, 0.6) is 0 Å². The van der Waals surface area contributed by atoms with Crippen LogP contribution in [-0.2, 0) is 9.53 Å². The van der Waals surface area contributed by atoms with Gasteiger partial charge in [0.25, 0.3) is 0 Å². The smallest absolute Gasteiger partial charge is 0.314 e. The quantitative estimate of drug-likeness (QED) is 0.444. The third-order valence-electron chi connectivity index (χ3n) is 1.10. The SMILES string of the molecule is C#CC(C)(C)OC(=O)[C](C)C. The molecule has 0 N–H and O–H groups in total. The van der Waals surface area contributed by atoms with Crippen molar-refractivity contribution in [2.24, 2.45) is 0 Å². The topological polar surface area (TPSA) is 26.3 Å². The van der Waals surface area contributed by atoms with Gasteiger partial charge in [-0.05, 0) is 27.7 Å². The van der Waals surface area contributed by atoms with Gasteiger partial charge in [-0.25, -0.2) is 0 Å². The molecular formula is C9H13O2. The van der Waals surface area contributed by atoms with E-state index < -0.39 is 5.60 Å². The molecule has 0 aliphatic carbocycles. The lowest BCUT2D eigenvalue weighted by Crippen LogP contribution is -2.27. The van der Waals surface area contributed by atoms with E-state index in [-0.39, 0.29) is 5.97 Å². The molecule has 0 saturated carbocycles. The average Bonchev–Trinajstić information content (AvgIpc) is 1.87. The third-order valence-corrected chi connectivity index (χ3v) is 1.10. The summed E-state index contributed by atoms with van der Waals surface area (Å²) in [6, 6.07) is 0. The highest BCUT2D eigenvalue weighted by Crippen LogP contribution is 2.11. The number of hydrogen-bond donors (Lipinski definition) is 0. The van der Waals surface area contributed by atoms with Crippen LogP contribution in [0.1, 0.15) is 27.7 Å². The van der Waals surface area contributed by atoms with Crippen molar-refractivity contribution in [2.75, 3.05) is 0 Å². The molecule has 0 fully saturated rings. The van der Waals surface area contributed by atoms with Crippen molar-refractivity contribution in [3.05, 3.63) is 5.92 Å². The number of hydrogen-bond acceptors (Lipinski definition) is 2. The molecule has 0 rings (SSSR count). The maximum Gasteiger partial charge on any atom is 0.314 e. The minimum absolute atomic E-state index is 0.340. The van der Waals surface area contributed by atoms with Gasteiger partial charge in [-0.1, -0.05) is 5.92 Å². The minimum Gasteiger partial charge on any atom is -0.446 e. The standard InChI is InChI=1S/C9H13O2/c1-6-9(4,5)11-8(10)7(2)3/h1H,2-5H3. The highest BCUT2D eigenvalue weighted by atomic mass is 16.6. The summed E-state index contributed by atoms with van der Waals surface area (Å²) in [7, 11) is 0. The van der Waals surface area contributed by atoms with Gasteiger partial charge in [0.05, 0.1) is 5.92 Å². The molecule has 0 heterocycles.